The normalized spacial score (nSPS) is 13.0. The molecular formula is C10H20F6NO4P. The molecule has 22 heavy (non-hydrogen) atoms. The Morgan fingerprint density at radius 3 is 1.27 bits per heavy atom. The van der Waals surface area contributed by atoms with Gasteiger partial charge in [0.1, 0.15) is 0 Å². The lowest BCUT2D eigenvalue weighted by Gasteiger charge is -2.14. The van der Waals surface area contributed by atoms with Gasteiger partial charge in [-0.2, -0.15) is 26.3 Å². The molecule has 0 saturated carbocycles. The first-order chi connectivity index (χ1) is 9.76. The Morgan fingerprint density at radius 1 is 0.864 bits per heavy atom. The van der Waals surface area contributed by atoms with Gasteiger partial charge in [0.15, 0.2) is 13.2 Å². The zero-order chi connectivity index (χ0) is 18.0. The van der Waals surface area contributed by atoms with E-state index in [9.17, 15) is 30.9 Å². The number of phosphoric ester groups is 1. The summed E-state index contributed by atoms with van der Waals surface area (Å²) in [5.41, 5.74) is 0. The molecule has 12 heteroatoms. The summed E-state index contributed by atoms with van der Waals surface area (Å²) in [4.78, 5) is 10.7. The molecule has 0 heterocycles. The molecule has 0 aliphatic carbocycles. The summed E-state index contributed by atoms with van der Waals surface area (Å²) >= 11 is 0. The zero-order valence-corrected chi connectivity index (χ0v) is 13.3. The molecule has 0 bridgehead atoms. The van der Waals surface area contributed by atoms with Crippen molar-refractivity contribution in [3.05, 3.63) is 0 Å². The van der Waals surface area contributed by atoms with E-state index in [-0.39, 0.29) is 0 Å². The van der Waals surface area contributed by atoms with Gasteiger partial charge in [-0.05, 0) is 19.6 Å². The van der Waals surface area contributed by atoms with Gasteiger partial charge in [-0.3, -0.25) is 9.05 Å². The van der Waals surface area contributed by atoms with Crippen molar-refractivity contribution in [3.8, 4) is 0 Å². The summed E-state index contributed by atoms with van der Waals surface area (Å²) in [6, 6.07) is 0. The molecule has 0 aromatic carbocycles. The molecule has 0 atom stereocenters. The molecule has 136 valence electrons. The second-order valence-electron chi connectivity index (χ2n) is 3.87. The Hall–Kier alpha value is -0.350. The van der Waals surface area contributed by atoms with E-state index in [1.807, 2.05) is 0 Å². The molecule has 0 unspecified atom stereocenters. The average molecular weight is 363 g/mol. The summed E-state index contributed by atoms with van der Waals surface area (Å²) in [7, 11) is -5.33. The van der Waals surface area contributed by atoms with Gasteiger partial charge >= 0.3 is 20.2 Å². The molecule has 0 spiro atoms. The lowest BCUT2D eigenvalue weighted by Crippen LogP contribution is -2.21. The van der Waals surface area contributed by atoms with Crippen LogP contribution in [-0.4, -0.2) is 55.0 Å². The summed E-state index contributed by atoms with van der Waals surface area (Å²) in [5, 5.41) is 0. The Balaban J connectivity index is 0. The number of nitrogens with zero attached hydrogens (tertiary/aromatic N) is 1. The maximum absolute atomic E-state index is 11.4. The van der Waals surface area contributed by atoms with Gasteiger partial charge in [0, 0.05) is 0 Å². The smallest absolute Gasteiger partial charge is 0.304 e. The second kappa shape index (κ2) is 10.4. The lowest BCUT2D eigenvalue weighted by molar-refractivity contribution is -0.169. The Kier molecular flexibility index (Phi) is 11.3. The van der Waals surface area contributed by atoms with E-state index in [0.29, 0.717) is 0 Å². The van der Waals surface area contributed by atoms with Gasteiger partial charge < -0.3 is 9.79 Å². The highest BCUT2D eigenvalue weighted by Crippen LogP contribution is 2.45. The van der Waals surface area contributed by atoms with Crippen LogP contribution >= 0.6 is 7.82 Å². The molecule has 1 N–H and O–H groups in total. The molecule has 0 amide bonds. The minimum atomic E-state index is -5.33. The van der Waals surface area contributed by atoms with Gasteiger partial charge in [0.25, 0.3) is 0 Å². The summed E-state index contributed by atoms with van der Waals surface area (Å²) < 4.78 is 85.5. The fourth-order valence-corrected chi connectivity index (χ4v) is 1.71. The molecule has 0 saturated heterocycles. The van der Waals surface area contributed by atoms with E-state index in [2.05, 4.69) is 34.7 Å². The lowest BCUT2D eigenvalue weighted by atomic mass is 10.5. The first-order valence-corrected chi connectivity index (χ1v) is 7.73. The van der Waals surface area contributed by atoms with Crippen LogP contribution in [0, 0.1) is 0 Å². The van der Waals surface area contributed by atoms with Crippen molar-refractivity contribution in [2.45, 2.75) is 33.1 Å². The molecule has 0 aromatic rings. The number of rotatable bonds is 7. The number of halogens is 6. The quantitative estimate of drug-likeness (QED) is 0.553. The van der Waals surface area contributed by atoms with Crippen LogP contribution in [0.3, 0.4) is 0 Å². The van der Waals surface area contributed by atoms with Crippen LogP contribution in [-0.2, 0) is 13.6 Å². The third kappa shape index (κ3) is 17.7. The highest BCUT2D eigenvalue weighted by Gasteiger charge is 2.37. The summed E-state index contributed by atoms with van der Waals surface area (Å²) in [6.45, 7) is 5.79. The average Bonchev–Trinajstić information content (AvgIpc) is 2.36. The number of hydrogen-bond acceptors (Lipinski definition) is 4. The minimum Gasteiger partial charge on any atom is -0.304 e. The van der Waals surface area contributed by atoms with Crippen molar-refractivity contribution in [3.63, 3.8) is 0 Å². The third-order valence-electron chi connectivity index (χ3n) is 2.12. The molecule has 5 nitrogen and oxygen atoms in total. The standard InChI is InChI=1S/C6H15N.C4H5F6O4P/c1-4-7(5-2)6-3;5-3(6,7)1-13-15(11,12)14-2-4(8,9)10/h4-6H2,1-3H3;1-2H2,(H,11,12). The fraction of sp³-hybridized carbons (Fsp3) is 1.00. The maximum Gasteiger partial charge on any atom is 0.472 e. The van der Waals surface area contributed by atoms with E-state index < -0.39 is 33.4 Å². The van der Waals surface area contributed by atoms with E-state index in [1.165, 1.54) is 19.6 Å². The zero-order valence-electron chi connectivity index (χ0n) is 12.4. The van der Waals surface area contributed by atoms with E-state index in [1.54, 1.807) is 0 Å². The van der Waals surface area contributed by atoms with Crippen LogP contribution < -0.4 is 0 Å². The molecular weight excluding hydrogens is 343 g/mol. The second-order valence-corrected chi connectivity index (χ2v) is 5.32. The van der Waals surface area contributed by atoms with Crippen LogP contribution in [0.25, 0.3) is 0 Å². The maximum atomic E-state index is 11.4. The van der Waals surface area contributed by atoms with Crippen molar-refractivity contribution in [2.75, 3.05) is 32.8 Å². The van der Waals surface area contributed by atoms with Crippen molar-refractivity contribution < 1.29 is 44.8 Å². The first-order valence-electron chi connectivity index (χ1n) is 6.24. The highest BCUT2D eigenvalue weighted by molar-refractivity contribution is 7.47. The van der Waals surface area contributed by atoms with Crippen LogP contribution in [0.2, 0.25) is 0 Å². The van der Waals surface area contributed by atoms with Gasteiger partial charge in [-0.15, -0.1) is 0 Å². The largest absolute Gasteiger partial charge is 0.472 e. The topological polar surface area (TPSA) is 59.0 Å². The van der Waals surface area contributed by atoms with Crippen LogP contribution in [0.1, 0.15) is 20.8 Å². The van der Waals surface area contributed by atoms with Crippen molar-refractivity contribution in [2.24, 2.45) is 0 Å². The van der Waals surface area contributed by atoms with Crippen molar-refractivity contribution in [1.82, 2.24) is 4.90 Å². The third-order valence-corrected chi connectivity index (χ3v) is 3.04. The monoisotopic (exact) mass is 363 g/mol. The van der Waals surface area contributed by atoms with Gasteiger partial charge in [0.05, 0.1) is 0 Å². The van der Waals surface area contributed by atoms with Gasteiger partial charge in [-0.1, -0.05) is 20.8 Å². The molecule has 0 aromatic heterocycles. The van der Waals surface area contributed by atoms with Crippen molar-refractivity contribution >= 4 is 7.82 Å². The fourth-order valence-electron chi connectivity index (χ4n) is 1.02. The number of alkyl halides is 6. The van der Waals surface area contributed by atoms with Crippen LogP contribution in [0.5, 0.6) is 0 Å². The van der Waals surface area contributed by atoms with Crippen LogP contribution in [0.4, 0.5) is 26.3 Å². The van der Waals surface area contributed by atoms with E-state index in [4.69, 9.17) is 4.89 Å². The molecule has 0 aliphatic heterocycles. The summed E-state index contributed by atoms with van der Waals surface area (Å²) in [5.74, 6) is 0. The number of hydrogen-bond donors (Lipinski definition) is 1. The minimum absolute atomic E-state index is 1.19. The first kappa shape index (κ1) is 23.9. The van der Waals surface area contributed by atoms with Crippen molar-refractivity contribution in [1.29, 1.82) is 0 Å². The highest BCUT2D eigenvalue weighted by atomic mass is 31.2. The molecule has 0 aliphatic rings. The van der Waals surface area contributed by atoms with E-state index >= 15 is 0 Å². The number of phosphoric acid groups is 1. The molecule has 0 radical (unpaired) electrons. The summed E-state index contributed by atoms with van der Waals surface area (Å²) in [6.07, 6.45) is -9.86. The Labute approximate surface area is 124 Å². The molecule has 0 fully saturated rings. The van der Waals surface area contributed by atoms with Gasteiger partial charge in [0.2, 0.25) is 0 Å². The Morgan fingerprint density at radius 2 is 1.14 bits per heavy atom. The Bertz CT molecular complexity index is 305. The predicted octanol–water partition coefficient (Wildman–Crippen LogP) is 3.59. The van der Waals surface area contributed by atoms with Crippen LogP contribution in [0.15, 0.2) is 0 Å². The van der Waals surface area contributed by atoms with Gasteiger partial charge in [-0.25, -0.2) is 4.57 Å². The van der Waals surface area contributed by atoms with E-state index in [0.717, 1.165) is 0 Å². The molecule has 0 rings (SSSR count). The predicted molar refractivity (Wildman–Crippen MR) is 67.3 cm³/mol. The SMILES string of the molecule is CCN(CC)CC.O=P(O)(OCC(F)(F)F)OCC(F)(F)F.